The van der Waals surface area contributed by atoms with E-state index in [-0.39, 0.29) is 23.1 Å². The Morgan fingerprint density at radius 3 is 2.81 bits per heavy atom. The number of nitro groups is 1. The SMILES string of the molecule is COc1nc(N/N=C/c2ccccc2O)ccc1[N+](=O)[O-]. The Balaban J connectivity index is 2.14. The van der Waals surface area contributed by atoms with E-state index in [2.05, 4.69) is 15.5 Å². The Morgan fingerprint density at radius 1 is 1.38 bits per heavy atom. The van der Waals surface area contributed by atoms with Gasteiger partial charge in [0, 0.05) is 11.6 Å². The van der Waals surface area contributed by atoms with Crippen LogP contribution in [-0.4, -0.2) is 28.3 Å². The van der Waals surface area contributed by atoms with Crippen molar-refractivity contribution in [2.45, 2.75) is 0 Å². The number of methoxy groups -OCH3 is 1. The van der Waals surface area contributed by atoms with E-state index in [1.54, 1.807) is 18.2 Å². The maximum absolute atomic E-state index is 10.7. The first-order valence-corrected chi connectivity index (χ1v) is 5.88. The zero-order valence-electron chi connectivity index (χ0n) is 11.1. The third kappa shape index (κ3) is 3.44. The number of aromatic hydroxyl groups is 1. The van der Waals surface area contributed by atoms with Crippen LogP contribution in [-0.2, 0) is 0 Å². The summed E-state index contributed by atoms with van der Waals surface area (Å²) in [4.78, 5) is 14.1. The third-order valence-corrected chi connectivity index (χ3v) is 2.55. The zero-order chi connectivity index (χ0) is 15.2. The monoisotopic (exact) mass is 288 g/mol. The number of phenolic OH excluding ortho intramolecular Hbond substituents is 1. The van der Waals surface area contributed by atoms with E-state index in [0.717, 1.165) is 0 Å². The van der Waals surface area contributed by atoms with Crippen LogP contribution in [0.3, 0.4) is 0 Å². The van der Waals surface area contributed by atoms with Gasteiger partial charge in [0.15, 0.2) is 5.82 Å². The van der Waals surface area contributed by atoms with Gasteiger partial charge in [-0.25, -0.2) is 0 Å². The molecule has 0 radical (unpaired) electrons. The average molecular weight is 288 g/mol. The molecular weight excluding hydrogens is 276 g/mol. The molecule has 8 heteroatoms. The highest BCUT2D eigenvalue weighted by atomic mass is 16.6. The van der Waals surface area contributed by atoms with Crippen LogP contribution in [0.1, 0.15) is 5.56 Å². The maximum Gasteiger partial charge on any atom is 0.331 e. The van der Waals surface area contributed by atoms with E-state index in [4.69, 9.17) is 4.74 Å². The highest BCUT2D eigenvalue weighted by Gasteiger charge is 2.16. The average Bonchev–Trinajstić information content (AvgIpc) is 2.48. The van der Waals surface area contributed by atoms with Crippen LogP contribution in [0.4, 0.5) is 11.5 Å². The van der Waals surface area contributed by atoms with Gasteiger partial charge in [-0.2, -0.15) is 10.1 Å². The summed E-state index contributed by atoms with van der Waals surface area (Å²) in [6, 6.07) is 9.35. The molecule has 1 heterocycles. The number of nitrogens with one attached hydrogen (secondary N) is 1. The summed E-state index contributed by atoms with van der Waals surface area (Å²) in [7, 11) is 1.30. The molecular formula is C13H12N4O4. The van der Waals surface area contributed by atoms with Gasteiger partial charge >= 0.3 is 5.69 Å². The van der Waals surface area contributed by atoms with Crippen LogP contribution in [0.25, 0.3) is 0 Å². The molecule has 2 rings (SSSR count). The molecule has 2 aromatic rings. The summed E-state index contributed by atoms with van der Waals surface area (Å²) in [6.07, 6.45) is 1.41. The second-order valence-corrected chi connectivity index (χ2v) is 3.91. The molecule has 0 aliphatic heterocycles. The van der Waals surface area contributed by atoms with Crippen molar-refractivity contribution in [3.63, 3.8) is 0 Å². The summed E-state index contributed by atoms with van der Waals surface area (Å²) in [6.45, 7) is 0. The second kappa shape index (κ2) is 6.33. The van der Waals surface area contributed by atoms with Crippen LogP contribution < -0.4 is 10.2 Å². The normalized spacial score (nSPS) is 10.5. The molecule has 0 spiro atoms. The zero-order valence-corrected chi connectivity index (χ0v) is 11.1. The number of phenols is 1. The third-order valence-electron chi connectivity index (χ3n) is 2.55. The molecule has 0 bridgehead atoms. The number of pyridine rings is 1. The molecule has 2 N–H and O–H groups in total. The van der Waals surface area contributed by atoms with E-state index < -0.39 is 4.92 Å². The molecule has 8 nitrogen and oxygen atoms in total. The predicted octanol–water partition coefficient (Wildman–Crippen LogP) is 2.15. The molecule has 0 aliphatic rings. The first-order chi connectivity index (χ1) is 10.1. The number of hydrogen-bond acceptors (Lipinski definition) is 7. The lowest BCUT2D eigenvalue weighted by Crippen LogP contribution is -1.99. The molecule has 0 unspecified atom stereocenters. The van der Waals surface area contributed by atoms with Gasteiger partial charge in [-0.3, -0.25) is 15.5 Å². The summed E-state index contributed by atoms with van der Waals surface area (Å²) < 4.78 is 4.85. The number of rotatable bonds is 5. The van der Waals surface area contributed by atoms with Gasteiger partial charge in [0.1, 0.15) is 5.75 Å². The minimum absolute atomic E-state index is 0.0947. The fourth-order valence-corrected chi connectivity index (χ4v) is 1.55. The Bertz CT molecular complexity index is 688. The molecule has 1 aromatic carbocycles. The minimum Gasteiger partial charge on any atom is -0.507 e. The molecule has 21 heavy (non-hydrogen) atoms. The van der Waals surface area contributed by atoms with Gasteiger partial charge in [0.25, 0.3) is 5.88 Å². The first kappa shape index (κ1) is 14.3. The molecule has 0 fully saturated rings. The number of benzene rings is 1. The van der Waals surface area contributed by atoms with Crippen molar-refractivity contribution >= 4 is 17.7 Å². The van der Waals surface area contributed by atoms with Crippen molar-refractivity contribution in [3.8, 4) is 11.6 Å². The van der Waals surface area contributed by atoms with Gasteiger partial charge in [-0.1, -0.05) is 12.1 Å². The molecule has 0 aliphatic carbocycles. The van der Waals surface area contributed by atoms with Crippen LogP contribution >= 0.6 is 0 Å². The quantitative estimate of drug-likeness (QED) is 0.495. The predicted molar refractivity (Wildman–Crippen MR) is 76.8 cm³/mol. The van der Waals surface area contributed by atoms with Crippen LogP contribution in [0.5, 0.6) is 11.6 Å². The van der Waals surface area contributed by atoms with Gasteiger partial charge in [0.2, 0.25) is 0 Å². The van der Waals surface area contributed by atoms with Gasteiger partial charge < -0.3 is 9.84 Å². The number of hydrazone groups is 1. The fourth-order valence-electron chi connectivity index (χ4n) is 1.55. The van der Waals surface area contributed by atoms with Gasteiger partial charge in [-0.15, -0.1) is 0 Å². The summed E-state index contributed by atoms with van der Waals surface area (Å²) in [5.41, 5.74) is 2.90. The summed E-state index contributed by atoms with van der Waals surface area (Å²) in [5, 5.41) is 24.2. The number of anilines is 1. The van der Waals surface area contributed by atoms with Crippen molar-refractivity contribution in [2.24, 2.45) is 5.10 Å². The van der Waals surface area contributed by atoms with Crippen LogP contribution in [0, 0.1) is 10.1 Å². The Morgan fingerprint density at radius 2 is 2.14 bits per heavy atom. The molecule has 0 saturated heterocycles. The Hall–Kier alpha value is -3.16. The highest BCUT2D eigenvalue weighted by molar-refractivity contribution is 5.83. The van der Waals surface area contributed by atoms with E-state index in [9.17, 15) is 15.2 Å². The number of nitrogens with zero attached hydrogens (tertiary/aromatic N) is 3. The lowest BCUT2D eigenvalue weighted by Gasteiger charge is -2.03. The molecule has 0 saturated carbocycles. The van der Waals surface area contributed by atoms with Crippen LogP contribution in [0.15, 0.2) is 41.5 Å². The summed E-state index contributed by atoms with van der Waals surface area (Å²) in [5.74, 6) is 0.268. The second-order valence-electron chi connectivity index (χ2n) is 3.91. The largest absolute Gasteiger partial charge is 0.507 e. The number of aromatic nitrogens is 1. The topological polar surface area (TPSA) is 110 Å². The van der Waals surface area contributed by atoms with E-state index >= 15 is 0 Å². The number of hydrogen-bond donors (Lipinski definition) is 2. The smallest absolute Gasteiger partial charge is 0.331 e. The van der Waals surface area contributed by atoms with Crippen molar-refractivity contribution < 1.29 is 14.8 Å². The molecule has 1 aromatic heterocycles. The number of para-hydroxylation sites is 1. The van der Waals surface area contributed by atoms with E-state index in [1.807, 2.05) is 0 Å². The lowest BCUT2D eigenvalue weighted by atomic mass is 10.2. The lowest BCUT2D eigenvalue weighted by molar-refractivity contribution is -0.386. The summed E-state index contributed by atoms with van der Waals surface area (Å²) >= 11 is 0. The van der Waals surface area contributed by atoms with Gasteiger partial charge in [-0.05, 0) is 18.2 Å². The minimum atomic E-state index is -0.582. The van der Waals surface area contributed by atoms with Crippen molar-refractivity contribution in [1.29, 1.82) is 0 Å². The Labute approximate surface area is 119 Å². The maximum atomic E-state index is 10.7. The molecule has 108 valence electrons. The van der Waals surface area contributed by atoms with Crippen molar-refractivity contribution in [2.75, 3.05) is 12.5 Å². The first-order valence-electron chi connectivity index (χ1n) is 5.88. The van der Waals surface area contributed by atoms with Crippen molar-refractivity contribution in [3.05, 3.63) is 52.1 Å². The van der Waals surface area contributed by atoms with E-state index in [0.29, 0.717) is 5.56 Å². The fraction of sp³-hybridized carbons (Fsp3) is 0.0769. The molecule has 0 amide bonds. The number of ether oxygens (including phenoxy) is 1. The van der Waals surface area contributed by atoms with Crippen LogP contribution in [0.2, 0.25) is 0 Å². The highest BCUT2D eigenvalue weighted by Crippen LogP contribution is 2.25. The standard InChI is InChI=1S/C13H12N4O4/c1-21-13-10(17(19)20)6-7-12(15-13)16-14-8-9-4-2-3-5-11(9)18/h2-8,18H,1H3,(H,15,16)/b14-8+. The Kier molecular flexibility index (Phi) is 4.30. The van der Waals surface area contributed by atoms with Crippen molar-refractivity contribution in [1.82, 2.24) is 4.98 Å². The molecule has 0 atom stereocenters. The van der Waals surface area contributed by atoms with Gasteiger partial charge in [0.05, 0.1) is 18.2 Å². The van der Waals surface area contributed by atoms with E-state index in [1.165, 1.54) is 31.5 Å².